The highest BCUT2D eigenvalue weighted by Crippen LogP contribution is 2.52. The van der Waals surface area contributed by atoms with Crippen molar-refractivity contribution in [3.63, 3.8) is 0 Å². The summed E-state index contributed by atoms with van der Waals surface area (Å²) in [6.07, 6.45) is 2.08. The number of fused-ring (bicyclic) bond motifs is 2. The van der Waals surface area contributed by atoms with Crippen molar-refractivity contribution in [2.24, 2.45) is 23.7 Å². The summed E-state index contributed by atoms with van der Waals surface area (Å²) < 4.78 is 0. The van der Waals surface area contributed by atoms with Gasteiger partial charge in [-0.1, -0.05) is 11.6 Å². The third kappa shape index (κ3) is 1.73. The van der Waals surface area contributed by atoms with Crippen LogP contribution in [0.25, 0.3) is 0 Å². The number of nitrogens with zero attached hydrogens (tertiary/aromatic N) is 1. The standard InChI is InChI=1S/C17H16ClNO3/c1-8-6-10(3-5-12(8)18)19-16(21)14-9-2-4-11(13(20)7-9)15(14)17(19)22/h3,5-6,9,11,14-15H,2,4,7H2,1H3/t9-,11+,14+,15-/m0/s1. The van der Waals surface area contributed by atoms with Crippen LogP contribution in [-0.4, -0.2) is 17.6 Å². The predicted molar refractivity (Wildman–Crippen MR) is 81.5 cm³/mol. The van der Waals surface area contributed by atoms with Crippen molar-refractivity contribution in [2.75, 3.05) is 4.90 Å². The van der Waals surface area contributed by atoms with Gasteiger partial charge in [0.25, 0.3) is 0 Å². The summed E-state index contributed by atoms with van der Waals surface area (Å²) in [5, 5.41) is 0.607. The van der Waals surface area contributed by atoms with Crippen LogP contribution in [0.5, 0.6) is 0 Å². The number of carbonyl (C=O) groups excluding carboxylic acids is 3. The second-order valence-corrected chi connectivity index (χ2v) is 7.02. The number of ketones is 1. The average molecular weight is 318 g/mol. The van der Waals surface area contributed by atoms with Crippen LogP contribution in [0.3, 0.4) is 0 Å². The largest absolute Gasteiger partial charge is 0.299 e. The summed E-state index contributed by atoms with van der Waals surface area (Å²) in [5.74, 6) is -1.16. The van der Waals surface area contributed by atoms with Crippen LogP contribution in [0.15, 0.2) is 18.2 Å². The zero-order valence-corrected chi connectivity index (χ0v) is 13.0. The molecule has 1 aromatic rings. The van der Waals surface area contributed by atoms with Gasteiger partial charge in [-0.2, -0.15) is 0 Å². The van der Waals surface area contributed by atoms with Crippen molar-refractivity contribution >= 4 is 34.9 Å². The molecule has 0 radical (unpaired) electrons. The van der Waals surface area contributed by atoms with E-state index in [1.807, 2.05) is 6.92 Å². The van der Waals surface area contributed by atoms with Crippen molar-refractivity contribution in [1.29, 1.82) is 0 Å². The van der Waals surface area contributed by atoms with Gasteiger partial charge in [0.05, 0.1) is 17.5 Å². The van der Waals surface area contributed by atoms with Crippen LogP contribution < -0.4 is 4.90 Å². The minimum absolute atomic E-state index is 0.0392. The molecule has 114 valence electrons. The van der Waals surface area contributed by atoms with Crippen molar-refractivity contribution in [3.05, 3.63) is 28.8 Å². The van der Waals surface area contributed by atoms with Gasteiger partial charge in [0.1, 0.15) is 5.78 Å². The van der Waals surface area contributed by atoms with E-state index in [0.29, 0.717) is 17.1 Å². The fraction of sp³-hybridized carbons (Fsp3) is 0.471. The average Bonchev–Trinajstić information content (AvgIpc) is 2.76. The molecule has 0 unspecified atom stereocenters. The number of carbonyl (C=O) groups is 3. The van der Waals surface area contributed by atoms with Crippen LogP contribution in [0.4, 0.5) is 5.69 Å². The van der Waals surface area contributed by atoms with Gasteiger partial charge < -0.3 is 0 Å². The number of hydrogen-bond acceptors (Lipinski definition) is 3. The molecule has 1 heterocycles. The lowest BCUT2D eigenvalue weighted by atomic mass is 9.59. The number of halogens is 1. The second kappa shape index (κ2) is 4.66. The van der Waals surface area contributed by atoms with Crippen molar-refractivity contribution in [3.8, 4) is 0 Å². The Morgan fingerprint density at radius 1 is 1.09 bits per heavy atom. The highest BCUT2D eigenvalue weighted by Gasteiger charge is 2.60. The van der Waals surface area contributed by atoms with Crippen LogP contribution in [-0.2, 0) is 14.4 Å². The second-order valence-electron chi connectivity index (χ2n) is 6.61. The maximum atomic E-state index is 12.8. The van der Waals surface area contributed by atoms with Gasteiger partial charge in [-0.15, -0.1) is 0 Å². The molecule has 3 saturated carbocycles. The maximum absolute atomic E-state index is 12.8. The van der Waals surface area contributed by atoms with E-state index in [1.54, 1.807) is 18.2 Å². The zero-order valence-electron chi connectivity index (χ0n) is 12.2. The fourth-order valence-electron chi connectivity index (χ4n) is 4.41. The number of imide groups is 1. The first kappa shape index (κ1) is 13.9. The van der Waals surface area contributed by atoms with Gasteiger partial charge in [0, 0.05) is 17.4 Å². The molecule has 4 atom stereocenters. The molecule has 1 aliphatic heterocycles. The summed E-state index contributed by atoms with van der Waals surface area (Å²) in [4.78, 5) is 39.0. The van der Waals surface area contributed by atoms with E-state index in [0.717, 1.165) is 18.4 Å². The van der Waals surface area contributed by atoms with E-state index < -0.39 is 5.92 Å². The molecule has 22 heavy (non-hydrogen) atoms. The molecule has 0 aromatic heterocycles. The first-order valence-corrected chi connectivity index (χ1v) is 8.03. The highest BCUT2D eigenvalue weighted by molar-refractivity contribution is 6.31. The smallest absolute Gasteiger partial charge is 0.238 e. The Balaban J connectivity index is 1.77. The SMILES string of the molecule is Cc1cc(N2C(=O)[C@@H]3[C@H]4CC[C@H](C(=O)C4)[C@@H]3C2=O)ccc1Cl. The molecule has 0 spiro atoms. The summed E-state index contributed by atoms with van der Waals surface area (Å²) in [6, 6.07) is 5.17. The number of hydrogen-bond donors (Lipinski definition) is 0. The number of aryl methyl sites for hydroxylation is 1. The Labute approximate surface area is 133 Å². The fourth-order valence-corrected chi connectivity index (χ4v) is 4.52. The Kier molecular flexibility index (Phi) is 2.95. The van der Waals surface area contributed by atoms with Crippen LogP contribution in [0, 0.1) is 30.6 Å². The molecule has 2 bridgehead atoms. The third-order valence-electron chi connectivity index (χ3n) is 5.46. The lowest BCUT2D eigenvalue weighted by molar-refractivity contribution is -0.143. The molecule has 2 amide bonds. The summed E-state index contributed by atoms with van der Waals surface area (Å²) in [5.41, 5.74) is 1.40. The van der Waals surface area contributed by atoms with E-state index in [9.17, 15) is 14.4 Å². The maximum Gasteiger partial charge on any atom is 0.238 e. The van der Waals surface area contributed by atoms with Crippen LogP contribution in [0.2, 0.25) is 5.02 Å². The molecular weight excluding hydrogens is 302 g/mol. The lowest BCUT2D eigenvalue weighted by Crippen LogP contribution is -2.46. The van der Waals surface area contributed by atoms with E-state index in [4.69, 9.17) is 11.6 Å². The molecule has 5 heteroatoms. The van der Waals surface area contributed by atoms with Crippen molar-refractivity contribution in [1.82, 2.24) is 0 Å². The van der Waals surface area contributed by atoms with Crippen molar-refractivity contribution < 1.29 is 14.4 Å². The molecule has 0 N–H and O–H groups in total. The van der Waals surface area contributed by atoms with Gasteiger partial charge in [-0.25, -0.2) is 0 Å². The Hall–Kier alpha value is -1.68. The van der Waals surface area contributed by atoms with E-state index >= 15 is 0 Å². The minimum atomic E-state index is -0.441. The minimum Gasteiger partial charge on any atom is -0.299 e. The van der Waals surface area contributed by atoms with E-state index in [2.05, 4.69) is 0 Å². The molecule has 4 aliphatic rings. The number of benzene rings is 1. The van der Waals surface area contributed by atoms with Gasteiger partial charge in [0.15, 0.2) is 0 Å². The summed E-state index contributed by atoms with van der Waals surface area (Å²) >= 11 is 6.02. The van der Waals surface area contributed by atoms with Crippen LogP contribution >= 0.6 is 11.6 Å². The normalized spacial score (nSPS) is 33.5. The number of amides is 2. The Morgan fingerprint density at radius 2 is 1.82 bits per heavy atom. The first-order valence-electron chi connectivity index (χ1n) is 7.65. The van der Waals surface area contributed by atoms with E-state index in [1.165, 1.54) is 4.90 Å². The number of rotatable bonds is 1. The van der Waals surface area contributed by atoms with E-state index in [-0.39, 0.29) is 35.4 Å². The Morgan fingerprint density at radius 3 is 2.50 bits per heavy atom. The lowest BCUT2D eigenvalue weighted by Gasteiger charge is -2.41. The molecule has 1 aromatic carbocycles. The molecular formula is C17H16ClNO3. The van der Waals surface area contributed by atoms with Crippen molar-refractivity contribution in [2.45, 2.75) is 26.2 Å². The highest BCUT2D eigenvalue weighted by atomic mass is 35.5. The van der Waals surface area contributed by atoms with Gasteiger partial charge in [0.2, 0.25) is 11.8 Å². The molecule has 5 rings (SSSR count). The molecule has 1 saturated heterocycles. The monoisotopic (exact) mass is 317 g/mol. The summed E-state index contributed by atoms with van der Waals surface area (Å²) in [7, 11) is 0. The first-order chi connectivity index (χ1) is 10.5. The molecule has 4 nitrogen and oxygen atoms in total. The Bertz CT molecular complexity index is 714. The third-order valence-corrected chi connectivity index (χ3v) is 5.89. The quantitative estimate of drug-likeness (QED) is 0.748. The predicted octanol–water partition coefficient (Wildman–Crippen LogP) is 2.75. The molecule has 3 aliphatic carbocycles. The van der Waals surface area contributed by atoms with Gasteiger partial charge in [-0.3, -0.25) is 19.3 Å². The number of anilines is 1. The number of Topliss-reactive ketones (excluding diaryl/α,β-unsaturated/α-hetero) is 1. The molecule has 4 fully saturated rings. The summed E-state index contributed by atoms with van der Waals surface area (Å²) in [6.45, 7) is 1.84. The zero-order chi connectivity index (χ0) is 15.6. The van der Waals surface area contributed by atoms with Gasteiger partial charge in [-0.05, 0) is 49.4 Å². The van der Waals surface area contributed by atoms with Gasteiger partial charge >= 0.3 is 0 Å². The topological polar surface area (TPSA) is 54.5 Å². The van der Waals surface area contributed by atoms with Crippen LogP contribution in [0.1, 0.15) is 24.8 Å².